The number of piperidine rings is 1. The average Bonchev–Trinajstić information content (AvgIpc) is 3.36. The highest BCUT2D eigenvalue weighted by molar-refractivity contribution is 5.76. The summed E-state index contributed by atoms with van der Waals surface area (Å²) >= 11 is 0. The summed E-state index contributed by atoms with van der Waals surface area (Å²) in [7, 11) is 0. The lowest BCUT2D eigenvalue weighted by molar-refractivity contribution is -0.133. The molecule has 4 heterocycles. The Morgan fingerprint density at radius 1 is 0.865 bits per heavy atom. The van der Waals surface area contributed by atoms with Crippen LogP contribution in [0.3, 0.4) is 0 Å². The number of aromatic nitrogens is 2. The number of hydrogen-bond donors (Lipinski definition) is 1. The normalized spacial score (nSPS) is 23.8. The van der Waals surface area contributed by atoms with Gasteiger partial charge < -0.3 is 15.1 Å². The molecule has 1 aromatic carbocycles. The van der Waals surface area contributed by atoms with Gasteiger partial charge in [0.1, 0.15) is 5.82 Å². The van der Waals surface area contributed by atoms with Crippen LogP contribution in [0.1, 0.15) is 69.8 Å². The molecule has 3 aliphatic rings. The molecule has 0 bridgehead atoms. The van der Waals surface area contributed by atoms with Gasteiger partial charge in [-0.3, -0.25) is 9.69 Å². The molecule has 37 heavy (non-hydrogen) atoms. The van der Waals surface area contributed by atoms with Gasteiger partial charge in [0.2, 0.25) is 11.9 Å². The van der Waals surface area contributed by atoms with E-state index in [0.29, 0.717) is 24.4 Å². The standard InChI is InChI=1S/C30H44N6O/c37-29(16-15-25-11-4-3-5-12-25)36-22-10-14-27(24-36)35-21-9-6-13-26(23-35)32-30-31-18-17-28(33-30)34-19-7-1-2-8-20-34/h3-5,11-12,17-18,26-27H,1-2,6-10,13-16,19-24H2,(H,31,32,33). The van der Waals surface area contributed by atoms with Crippen LogP contribution in [-0.4, -0.2) is 77.0 Å². The van der Waals surface area contributed by atoms with Crippen LogP contribution in [0.2, 0.25) is 0 Å². The van der Waals surface area contributed by atoms with Crippen molar-refractivity contribution in [2.45, 2.75) is 82.7 Å². The van der Waals surface area contributed by atoms with E-state index in [9.17, 15) is 4.79 Å². The van der Waals surface area contributed by atoms with E-state index in [1.54, 1.807) is 0 Å². The van der Waals surface area contributed by atoms with Gasteiger partial charge in [-0.1, -0.05) is 49.6 Å². The summed E-state index contributed by atoms with van der Waals surface area (Å²) in [6.45, 7) is 6.06. The number of hydrogen-bond acceptors (Lipinski definition) is 6. The molecule has 3 aliphatic heterocycles. The highest BCUT2D eigenvalue weighted by atomic mass is 16.2. The highest BCUT2D eigenvalue weighted by Gasteiger charge is 2.30. The summed E-state index contributed by atoms with van der Waals surface area (Å²) in [4.78, 5) is 29.7. The van der Waals surface area contributed by atoms with E-state index >= 15 is 0 Å². The lowest BCUT2D eigenvalue weighted by Crippen LogP contribution is -2.51. The molecule has 1 amide bonds. The third-order valence-electron chi connectivity index (χ3n) is 8.34. The number of anilines is 2. The molecule has 0 saturated carbocycles. The van der Waals surface area contributed by atoms with Crippen molar-refractivity contribution in [2.75, 3.05) is 49.5 Å². The Morgan fingerprint density at radius 3 is 2.51 bits per heavy atom. The van der Waals surface area contributed by atoms with Crippen LogP contribution < -0.4 is 10.2 Å². The Hall–Kier alpha value is -2.67. The first kappa shape index (κ1) is 26.0. The zero-order valence-corrected chi connectivity index (χ0v) is 22.4. The number of benzene rings is 1. The van der Waals surface area contributed by atoms with Crippen molar-refractivity contribution in [2.24, 2.45) is 0 Å². The summed E-state index contributed by atoms with van der Waals surface area (Å²) in [6.07, 6.45) is 14.3. The Morgan fingerprint density at radius 2 is 1.68 bits per heavy atom. The molecular weight excluding hydrogens is 460 g/mol. The lowest BCUT2D eigenvalue weighted by atomic mass is 10.0. The highest BCUT2D eigenvalue weighted by Crippen LogP contribution is 2.23. The SMILES string of the molecule is O=C(CCc1ccccc1)N1CCCC(N2CCCCC(Nc3nccc(N4CCCCCC4)n3)C2)C1. The van der Waals surface area contributed by atoms with Crippen LogP contribution in [0, 0.1) is 0 Å². The van der Waals surface area contributed by atoms with Crippen LogP contribution in [0.4, 0.5) is 11.8 Å². The minimum Gasteiger partial charge on any atom is -0.356 e. The molecule has 1 N–H and O–H groups in total. The Balaban J connectivity index is 1.16. The quantitative estimate of drug-likeness (QED) is 0.587. The largest absolute Gasteiger partial charge is 0.356 e. The van der Waals surface area contributed by atoms with E-state index in [1.807, 2.05) is 12.3 Å². The maximum atomic E-state index is 13.0. The predicted molar refractivity (Wildman–Crippen MR) is 150 cm³/mol. The summed E-state index contributed by atoms with van der Waals surface area (Å²) in [5, 5.41) is 3.69. The summed E-state index contributed by atoms with van der Waals surface area (Å²) in [5.41, 5.74) is 1.24. The first-order valence-corrected chi connectivity index (χ1v) is 14.6. The van der Waals surface area contributed by atoms with Crippen molar-refractivity contribution in [1.29, 1.82) is 0 Å². The number of nitrogens with one attached hydrogen (secondary N) is 1. The topological polar surface area (TPSA) is 64.6 Å². The van der Waals surface area contributed by atoms with Gasteiger partial charge >= 0.3 is 0 Å². The van der Waals surface area contributed by atoms with Gasteiger partial charge in [-0.25, -0.2) is 4.98 Å². The smallest absolute Gasteiger partial charge is 0.224 e. The molecule has 7 heteroatoms. The number of aryl methyl sites for hydroxylation is 1. The van der Waals surface area contributed by atoms with Crippen molar-refractivity contribution in [3.63, 3.8) is 0 Å². The van der Waals surface area contributed by atoms with E-state index in [2.05, 4.69) is 55.3 Å². The van der Waals surface area contributed by atoms with Crippen molar-refractivity contribution in [1.82, 2.24) is 19.8 Å². The Bertz CT molecular complexity index is 977. The van der Waals surface area contributed by atoms with Crippen molar-refractivity contribution >= 4 is 17.7 Å². The molecule has 5 rings (SSSR count). The van der Waals surface area contributed by atoms with E-state index < -0.39 is 0 Å². The van der Waals surface area contributed by atoms with Gasteiger partial charge in [0.15, 0.2) is 0 Å². The lowest BCUT2D eigenvalue weighted by Gasteiger charge is -2.40. The minimum atomic E-state index is 0.303. The van der Waals surface area contributed by atoms with Crippen molar-refractivity contribution in [3.05, 3.63) is 48.2 Å². The van der Waals surface area contributed by atoms with E-state index in [1.165, 1.54) is 50.5 Å². The molecule has 0 radical (unpaired) electrons. The number of amides is 1. The molecule has 0 spiro atoms. The molecule has 1 aromatic heterocycles. The van der Waals surface area contributed by atoms with Crippen molar-refractivity contribution in [3.8, 4) is 0 Å². The molecule has 3 saturated heterocycles. The summed E-state index contributed by atoms with van der Waals surface area (Å²) in [5.74, 6) is 2.12. The molecule has 2 unspecified atom stereocenters. The molecule has 7 nitrogen and oxygen atoms in total. The zero-order chi connectivity index (χ0) is 25.3. The minimum absolute atomic E-state index is 0.303. The second-order valence-corrected chi connectivity index (χ2v) is 11.1. The number of likely N-dealkylation sites (tertiary alicyclic amines) is 2. The van der Waals surface area contributed by atoms with E-state index in [4.69, 9.17) is 4.98 Å². The van der Waals surface area contributed by atoms with Crippen LogP contribution in [-0.2, 0) is 11.2 Å². The predicted octanol–water partition coefficient (Wildman–Crippen LogP) is 4.75. The molecule has 200 valence electrons. The number of carbonyl (C=O) groups is 1. The summed E-state index contributed by atoms with van der Waals surface area (Å²) in [6, 6.07) is 13.2. The van der Waals surface area contributed by atoms with E-state index in [0.717, 1.165) is 70.3 Å². The van der Waals surface area contributed by atoms with Gasteiger partial charge in [0.05, 0.1) is 0 Å². The average molecular weight is 505 g/mol. The first-order valence-electron chi connectivity index (χ1n) is 14.6. The molecule has 2 atom stereocenters. The second kappa shape index (κ2) is 13.2. The molecule has 2 aromatic rings. The van der Waals surface area contributed by atoms with Crippen LogP contribution >= 0.6 is 0 Å². The summed E-state index contributed by atoms with van der Waals surface area (Å²) < 4.78 is 0. The fraction of sp³-hybridized carbons (Fsp3) is 0.633. The fourth-order valence-corrected chi connectivity index (χ4v) is 6.23. The molecule has 0 aliphatic carbocycles. The maximum Gasteiger partial charge on any atom is 0.224 e. The van der Waals surface area contributed by atoms with Gasteiger partial charge in [-0.15, -0.1) is 0 Å². The van der Waals surface area contributed by atoms with Gasteiger partial charge in [0.25, 0.3) is 0 Å². The Kier molecular flexibility index (Phi) is 9.28. The van der Waals surface area contributed by atoms with Crippen LogP contribution in [0.5, 0.6) is 0 Å². The maximum absolute atomic E-state index is 13.0. The van der Waals surface area contributed by atoms with Crippen LogP contribution in [0.15, 0.2) is 42.6 Å². The van der Waals surface area contributed by atoms with Crippen molar-refractivity contribution < 1.29 is 4.79 Å². The number of nitrogens with zero attached hydrogens (tertiary/aromatic N) is 5. The fourth-order valence-electron chi connectivity index (χ4n) is 6.23. The molecular formula is C30H44N6O. The monoisotopic (exact) mass is 504 g/mol. The van der Waals surface area contributed by atoms with Gasteiger partial charge in [-0.2, -0.15) is 4.98 Å². The first-order chi connectivity index (χ1) is 18.2. The molecule has 3 fully saturated rings. The number of rotatable bonds is 7. The third-order valence-corrected chi connectivity index (χ3v) is 8.34. The number of carbonyl (C=O) groups excluding carboxylic acids is 1. The zero-order valence-electron chi connectivity index (χ0n) is 22.4. The van der Waals surface area contributed by atoms with Crippen LogP contribution in [0.25, 0.3) is 0 Å². The Labute approximate surface area is 222 Å². The second-order valence-electron chi connectivity index (χ2n) is 11.1. The van der Waals surface area contributed by atoms with Gasteiger partial charge in [0, 0.05) is 57.4 Å². The van der Waals surface area contributed by atoms with Gasteiger partial charge in [-0.05, 0) is 63.1 Å². The third kappa shape index (κ3) is 7.44. The van der Waals surface area contributed by atoms with E-state index in [-0.39, 0.29) is 0 Å².